The summed E-state index contributed by atoms with van der Waals surface area (Å²) in [5, 5.41) is 66.3. The topological polar surface area (TPSA) is 205 Å². The average molecular weight is 554 g/mol. The van der Waals surface area contributed by atoms with E-state index >= 15 is 0 Å². The van der Waals surface area contributed by atoms with Crippen LogP contribution < -0.4 is 5.73 Å². The lowest BCUT2D eigenvalue weighted by Crippen LogP contribution is -2.70. The molecule has 11 nitrogen and oxygen atoms in total. The summed E-state index contributed by atoms with van der Waals surface area (Å²) < 4.78 is 0. The van der Waals surface area contributed by atoms with Gasteiger partial charge < -0.3 is 31.3 Å². The maximum Gasteiger partial charge on any atom is 0.255 e. The SMILES string of the molecule is C[C@@H]1c2ccc(C(C)(C)CCCC#N)c(O)c2C(O)=C2C(=O)[C@]3(O)C(O)=C(C(N)=O)C(=O)[C@H](N(C)C)[C@@H]3[C@@H](O)[C@@H]21. The number of fused-ring (bicyclic) bond motifs is 3. The molecule has 0 bridgehead atoms. The van der Waals surface area contributed by atoms with Crippen LogP contribution in [0, 0.1) is 23.2 Å². The van der Waals surface area contributed by atoms with Gasteiger partial charge in [0.2, 0.25) is 5.78 Å². The minimum Gasteiger partial charge on any atom is -0.508 e. The number of Topliss-reactive ketones (excluding diaryl/α,β-unsaturated/α-hetero) is 2. The van der Waals surface area contributed by atoms with Crippen LogP contribution in [0.5, 0.6) is 5.75 Å². The van der Waals surface area contributed by atoms with E-state index in [1.807, 2.05) is 13.8 Å². The number of phenols is 1. The third-order valence-electron chi connectivity index (χ3n) is 8.95. The van der Waals surface area contributed by atoms with Gasteiger partial charge in [-0.3, -0.25) is 19.3 Å². The molecule has 0 aromatic heterocycles. The molecule has 7 N–H and O–H groups in total. The minimum atomic E-state index is -2.95. The second-order valence-corrected chi connectivity index (χ2v) is 11.9. The first-order valence-corrected chi connectivity index (χ1v) is 13.1. The molecule has 3 aliphatic carbocycles. The highest BCUT2D eigenvalue weighted by molar-refractivity contribution is 6.24. The summed E-state index contributed by atoms with van der Waals surface area (Å²) in [6.45, 7) is 5.44. The lowest BCUT2D eigenvalue weighted by molar-refractivity contribution is -0.169. The zero-order chi connectivity index (χ0) is 30.1. The Kier molecular flexibility index (Phi) is 7.12. The Labute approximate surface area is 231 Å². The zero-order valence-electron chi connectivity index (χ0n) is 23.1. The van der Waals surface area contributed by atoms with Gasteiger partial charge in [-0.15, -0.1) is 0 Å². The Balaban J connectivity index is 1.98. The summed E-state index contributed by atoms with van der Waals surface area (Å²) in [5.41, 5.74) is 1.27. The van der Waals surface area contributed by atoms with Gasteiger partial charge in [0.25, 0.3) is 5.91 Å². The number of benzene rings is 1. The van der Waals surface area contributed by atoms with Gasteiger partial charge in [-0.05, 0) is 43.8 Å². The second kappa shape index (κ2) is 9.73. The van der Waals surface area contributed by atoms with Crippen molar-refractivity contribution < 1.29 is 39.9 Å². The van der Waals surface area contributed by atoms with Crippen molar-refractivity contribution in [3.63, 3.8) is 0 Å². The van der Waals surface area contributed by atoms with Crippen molar-refractivity contribution in [1.82, 2.24) is 4.90 Å². The molecule has 214 valence electrons. The van der Waals surface area contributed by atoms with Crippen molar-refractivity contribution in [3.8, 4) is 11.8 Å². The molecule has 1 fully saturated rings. The number of ketones is 2. The molecule has 0 heterocycles. The molecule has 6 atom stereocenters. The molecule has 3 aliphatic rings. The molecular formula is C29H35N3O8. The van der Waals surface area contributed by atoms with Crippen LogP contribution in [0.3, 0.4) is 0 Å². The van der Waals surface area contributed by atoms with Crippen LogP contribution in [0.25, 0.3) is 5.76 Å². The molecule has 40 heavy (non-hydrogen) atoms. The monoisotopic (exact) mass is 553 g/mol. The first kappa shape index (κ1) is 29.3. The molecule has 1 aromatic rings. The van der Waals surface area contributed by atoms with Gasteiger partial charge in [0.1, 0.15) is 22.8 Å². The molecule has 0 aliphatic heterocycles. The number of aromatic hydroxyl groups is 1. The van der Waals surface area contributed by atoms with Crippen molar-refractivity contribution in [2.24, 2.45) is 17.6 Å². The predicted octanol–water partition coefficient (Wildman–Crippen LogP) is 1.47. The number of phenolic OH excluding ortho intramolecular Hbond substituents is 1. The number of aliphatic hydroxyl groups excluding tert-OH is 3. The number of rotatable bonds is 6. The highest BCUT2D eigenvalue weighted by Gasteiger charge is 2.68. The number of hydrogen-bond donors (Lipinski definition) is 6. The summed E-state index contributed by atoms with van der Waals surface area (Å²) in [5.74, 6) is -9.11. The highest BCUT2D eigenvalue weighted by atomic mass is 16.4. The minimum absolute atomic E-state index is 0.0400. The number of aliphatic hydroxyl groups is 4. The standard InChI is InChI=1S/C29H35N3O8/c1-12-13-8-9-14(28(2,3)10-6-7-11-30)21(33)16(13)22(34)17-15(12)23(35)19-20(32(4)5)24(36)18(27(31)39)26(38)29(19,40)25(17)37/h8-9,12,15,19-20,23,33-35,38,40H,6-7,10H2,1-5H3,(H2,31,39)/t12-,15-,19-,20-,23+,29+/m1/s1. The lowest BCUT2D eigenvalue weighted by Gasteiger charge is -2.53. The van der Waals surface area contributed by atoms with Gasteiger partial charge in [-0.2, -0.15) is 5.26 Å². The van der Waals surface area contributed by atoms with Crippen LogP contribution in [-0.2, 0) is 19.8 Å². The molecule has 0 spiro atoms. The van der Waals surface area contributed by atoms with Crippen molar-refractivity contribution in [3.05, 3.63) is 45.7 Å². The van der Waals surface area contributed by atoms with E-state index in [1.54, 1.807) is 19.1 Å². The third-order valence-corrected chi connectivity index (χ3v) is 8.95. The largest absolute Gasteiger partial charge is 0.508 e. The van der Waals surface area contributed by atoms with Gasteiger partial charge in [-0.1, -0.05) is 32.9 Å². The summed E-state index contributed by atoms with van der Waals surface area (Å²) in [6, 6.07) is 4.10. The number of carbonyl (C=O) groups excluding carboxylic acids is 3. The third kappa shape index (κ3) is 3.85. The molecule has 4 rings (SSSR count). The molecule has 11 heteroatoms. The molecule has 0 unspecified atom stereocenters. The van der Waals surface area contributed by atoms with Crippen molar-refractivity contribution >= 4 is 23.2 Å². The Hall–Kier alpha value is -3.72. The number of likely N-dealkylation sites (N-methyl/N-ethyl adjacent to an activating group) is 1. The van der Waals surface area contributed by atoms with E-state index in [1.165, 1.54) is 19.0 Å². The van der Waals surface area contributed by atoms with E-state index in [4.69, 9.17) is 11.0 Å². The van der Waals surface area contributed by atoms with Crippen LogP contribution in [0.15, 0.2) is 29.0 Å². The normalized spacial score (nSPS) is 30.1. The van der Waals surface area contributed by atoms with Crippen LogP contribution in [-0.4, -0.2) is 79.7 Å². The quantitative estimate of drug-likeness (QED) is 0.221. The molecule has 0 saturated heterocycles. The summed E-state index contributed by atoms with van der Waals surface area (Å²) in [4.78, 5) is 40.8. The number of primary amides is 1. The average Bonchev–Trinajstić information content (AvgIpc) is 2.85. The maximum atomic E-state index is 14.1. The Bertz CT molecular complexity index is 1420. The first-order valence-electron chi connectivity index (χ1n) is 13.1. The number of nitrogens with two attached hydrogens (primary N) is 1. The van der Waals surface area contributed by atoms with Gasteiger partial charge in [0.15, 0.2) is 11.4 Å². The number of amides is 1. The van der Waals surface area contributed by atoms with Gasteiger partial charge in [-0.25, -0.2) is 0 Å². The molecule has 1 saturated carbocycles. The summed E-state index contributed by atoms with van der Waals surface area (Å²) >= 11 is 0. The Morgan fingerprint density at radius 1 is 1.20 bits per heavy atom. The fraction of sp³-hybridized carbons (Fsp3) is 0.517. The van der Waals surface area contributed by atoms with E-state index < -0.39 is 81.1 Å². The molecule has 0 radical (unpaired) electrons. The van der Waals surface area contributed by atoms with Gasteiger partial charge in [0, 0.05) is 23.5 Å². The van der Waals surface area contributed by atoms with E-state index in [-0.39, 0.29) is 11.3 Å². The highest BCUT2D eigenvalue weighted by Crippen LogP contribution is 2.57. The molecule has 1 aromatic carbocycles. The smallest absolute Gasteiger partial charge is 0.255 e. The van der Waals surface area contributed by atoms with Crippen LogP contribution >= 0.6 is 0 Å². The number of unbranched alkanes of at least 4 members (excludes halogenated alkanes) is 1. The molecule has 1 amide bonds. The number of carbonyl (C=O) groups is 3. The fourth-order valence-corrected chi connectivity index (χ4v) is 6.91. The predicted molar refractivity (Wildman–Crippen MR) is 143 cm³/mol. The van der Waals surface area contributed by atoms with Gasteiger partial charge in [0.05, 0.1) is 29.7 Å². The first-order chi connectivity index (χ1) is 18.5. The van der Waals surface area contributed by atoms with Crippen LogP contribution in [0.4, 0.5) is 0 Å². The molecular weight excluding hydrogens is 518 g/mol. The summed E-state index contributed by atoms with van der Waals surface area (Å²) in [7, 11) is 2.92. The van der Waals surface area contributed by atoms with E-state index in [0.717, 1.165) is 0 Å². The van der Waals surface area contributed by atoms with Crippen LogP contribution in [0.1, 0.15) is 62.6 Å². The maximum absolute atomic E-state index is 14.1. The lowest BCUT2D eigenvalue weighted by atomic mass is 9.54. The number of nitrogens with zero attached hydrogens (tertiary/aromatic N) is 2. The Morgan fingerprint density at radius 3 is 2.38 bits per heavy atom. The van der Waals surface area contributed by atoms with Crippen molar-refractivity contribution in [2.75, 3.05) is 14.1 Å². The fourth-order valence-electron chi connectivity index (χ4n) is 6.91. The van der Waals surface area contributed by atoms with E-state index in [0.29, 0.717) is 30.4 Å². The number of nitriles is 1. The van der Waals surface area contributed by atoms with Crippen molar-refractivity contribution in [1.29, 1.82) is 5.26 Å². The second-order valence-electron chi connectivity index (χ2n) is 11.9. The van der Waals surface area contributed by atoms with E-state index in [9.17, 15) is 39.9 Å². The van der Waals surface area contributed by atoms with E-state index in [2.05, 4.69) is 6.07 Å². The Morgan fingerprint density at radius 2 is 1.82 bits per heavy atom. The van der Waals surface area contributed by atoms with Crippen LogP contribution in [0.2, 0.25) is 0 Å². The number of hydrogen-bond acceptors (Lipinski definition) is 10. The van der Waals surface area contributed by atoms with Crippen molar-refractivity contribution in [2.45, 2.75) is 69.1 Å². The zero-order valence-corrected chi connectivity index (χ0v) is 23.1. The van der Waals surface area contributed by atoms with Gasteiger partial charge >= 0.3 is 0 Å². The summed E-state index contributed by atoms with van der Waals surface area (Å²) in [6.07, 6.45) is -0.184.